The van der Waals surface area contributed by atoms with Gasteiger partial charge in [-0.2, -0.15) is 0 Å². The van der Waals surface area contributed by atoms with Crippen LogP contribution in [0.1, 0.15) is 39.0 Å². The minimum absolute atomic E-state index is 0.0103. The monoisotopic (exact) mass is 361 g/mol. The molecule has 0 bridgehead atoms. The van der Waals surface area contributed by atoms with Gasteiger partial charge in [-0.05, 0) is 31.9 Å². The van der Waals surface area contributed by atoms with E-state index in [4.69, 9.17) is 21.0 Å². The summed E-state index contributed by atoms with van der Waals surface area (Å²) in [5, 5.41) is 1.44. The van der Waals surface area contributed by atoms with Crippen molar-refractivity contribution in [2.45, 2.75) is 51.2 Å². The number of hydroxylamine groups is 1. The highest BCUT2D eigenvalue weighted by Crippen LogP contribution is 2.48. The van der Waals surface area contributed by atoms with E-state index in [0.29, 0.717) is 5.69 Å². The first kappa shape index (κ1) is 18.3. The van der Waals surface area contributed by atoms with Crippen molar-refractivity contribution in [2.24, 2.45) is 0 Å². The second-order valence-electron chi connectivity index (χ2n) is 5.56. The predicted octanol–water partition coefficient (Wildman–Crippen LogP) is 4.03. The number of halogens is 1. The molecule has 128 valence electrons. The standard InChI is InChI=1S/C15H21ClNO5P/c1-12(15(18)22-23(16,19)20)17(13-8-4-2-5-9-13)21-14-10-6-3-7-11-14/h2,4-5,8-9,12,14H,3,6-7,10-11H2,1H3,(H,19,20)/t12-/m0/s1. The van der Waals surface area contributed by atoms with E-state index in [9.17, 15) is 9.36 Å². The van der Waals surface area contributed by atoms with Crippen LogP contribution >= 0.6 is 18.2 Å². The maximum atomic E-state index is 12.1. The van der Waals surface area contributed by atoms with Gasteiger partial charge in [0.2, 0.25) is 0 Å². The third-order valence-electron chi connectivity index (χ3n) is 3.72. The molecule has 0 heterocycles. The van der Waals surface area contributed by atoms with Crippen molar-refractivity contribution < 1.29 is 23.6 Å². The summed E-state index contributed by atoms with van der Waals surface area (Å²) in [6.07, 6.45) is 5.19. The van der Waals surface area contributed by atoms with Gasteiger partial charge in [-0.3, -0.25) is 4.84 Å². The molecule has 1 aromatic rings. The first-order chi connectivity index (χ1) is 10.9. The van der Waals surface area contributed by atoms with Crippen LogP contribution in [0.4, 0.5) is 5.69 Å². The van der Waals surface area contributed by atoms with Crippen LogP contribution in [0.3, 0.4) is 0 Å². The highest BCUT2D eigenvalue weighted by Gasteiger charge is 2.31. The summed E-state index contributed by atoms with van der Waals surface area (Å²) in [6, 6.07) is 8.19. The number of rotatable bonds is 6. The minimum atomic E-state index is -4.41. The molecule has 23 heavy (non-hydrogen) atoms. The summed E-state index contributed by atoms with van der Waals surface area (Å²) in [5.74, 6) is -0.912. The van der Waals surface area contributed by atoms with Crippen molar-refractivity contribution in [3.05, 3.63) is 30.3 Å². The lowest BCUT2D eigenvalue weighted by molar-refractivity contribution is -0.138. The van der Waals surface area contributed by atoms with Gasteiger partial charge in [0.05, 0.1) is 11.8 Å². The first-order valence-electron chi connectivity index (χ1n) is 7.64. The van der Waals surface area contributed by atoms with Crippen molar-refractivity contribution in [1.82, 2.24) is 0 Å². The van der Waals surface area contributed by atoms with E-state index in [1.54, 1.807) is 19.1 Å². The van der Waals surface area contributed by atoms with E-state index in [-0.39, 0.29) is 6.10 Å². The Bertz CT molecular complexity index is 558. The molecule has 1 N–H and O–H groups in total. The van der Waals surface area contributed by atoms with E-state index >= 15 is 0 Å². The number of carbonyl (C=O) groups is 1. The Morgan fingerprint density at radius 1 is 1.30 bits per heavy atom. The van der Waals surface area contributed by atoms with E-state index in [0.717, 1.165) is 25.7 Å². The van der Waals surface area contributed by atoms with Gasteiger partial charge in [-0.25, -0.2) is 14.4 Å². The van der Waals surface area contributed by atoms with Gasteiger partial charge in [0, 0.05) is 11.2 Å². The number of hydrogen-bond acceptors (Lipinski definition) is 5. The Hall–Kier alpha value is -1.07. The zero-order valence-electron chi connectivity index (χ0n) is 12.9. The molecule has 1 aliphatic carbocycles. The zero-order valence-corrected chi connectivity index (χ0v) is 14.6. The molecule has 0 saturated heterocycles. The number of anilines is 1. The molecule has 1 aromatic carbocycles. The lowest BCUT2D eigenvalue weighted by Gasteiger charge is -2.33. The number of para-hydroxylation sites is 1. The fourth-order valence-corrected chi connectivity index (χ4v) is 3.14. The lowest BCUT2D eigenvalue weighted by atomic mass is 9.98. The lowest BCUT2D eigenvalue weighted by Crippen LogP contribution is -2.42. The molecule has 0 spiro atoms. The van der Waals surface area contributed by atoms with E-state index < -0.39 is 19.0 Å². The van der Waals surface area contributed by atoms with Gasteiger partial charge < -0.3 is 9.42 Å². The van der Waals surface area contributed by atoms with Crippen LogP contribution in [0, 0.1) is 0 Å². The van der Waals surface area contributed by atoms with Crippen molar-refractivity contribution in [1.29, 1.82) is 0 Å². The maximum Gasteiger partial charge on any atom is 0.476 e. The van der Waals surface area contributed by atoms with Gasteiger partial charge in [0.25, 0.3) is 0 Å². The van der Waals surface area contributed by atoms with Gasteiger partial charge in [0.15, 0.2) is 6.04 Å². The summed E-state index contributed by atoms with van der Waals surface area (Å²) in [7, 11) is 0. The maximum absolute atomic E-state index is 12.1. The van der Waals surface area contributed by atoms with Crippen LogP contribution < -0.4 is 5.06 Å². The molecule has 6 nitrogen and oxygen atoms in total. The molecule has 1 saturated carbocycles. The molecule has 8 heteroatoms. The highest BCUT2D eigenvalue weighted by atomic mass is 35.7. The molecule has 0 aliphatic heterocycles. The minimum Gasteiger partial charge on any atom is -0.379 e. The molecule has 2 atom stereocenters. The fraction of sp³-hybridized carbons (Fsp3) is 0.533. The average molecular weight is 362 g/mol. The normalized spacial score (nSPS) is 19.6. The van der Waals surface area contributed by atoms with Crippen molar-refractivity contribution >= 4 is 29.8 Å². The van der Waals surface area contributed by atoms with Crippen molar-refractivity contribution in [3.8, 4) is 0 Å². The molecular weight excluding hydrogens is 341 g/mol. The fourth-order valence-electron chi connectivity index (χ4n) is 2.56. The van der Waals surface area contributed by atoms with Crippen LogP contribution in [-0.4, -0.2) is 23.0 Å². The Morgan fingerprint density at radius 2 is 1.91 bits per heavy atom. The third kappa shape index (κ3) is 5.81. The van der Waals surface area contributed by atoms with Gasteiger partial charge in [0.1, 0.15) is 0 Å². The predicted molar refractivity (Wildman–Crippen MR) is 88.1 cm³/mol. The second-order valence-corrected chi connectivity index (χ2v) is 7.93. The average Bonchev–Trinajstić information content (AvgIpc) is 2.52. The number of benzene rings is 1. The van der Waals surface area contributed by atoms with Crippen molar-refractivity contribution in [3.63, 3.8) is 0 Å². The summed E-state index contributed by atoms with van der Waals surface area (Å²) in [4.78, 5) is 27.1. The van der Waals surface area contributed by atoms with Crippen LogP contribution in [0.5, 0.6) is 0 Å². The summed E-state index contributed by atoms with van der Waals surface area (Å²) in [5.41, 5.74) is 0.671. The number of nitrogens with zero attached hydrogens (tertiary/aromatic N) is 1. The van der Waals surface area contributed by atoms with Crippen LogP contribution in [0.25, 0.3) is 0 Å². The van der Waals surface area contributed by atoms with Gasteiger partial charge in [-0.15, -0.1) is 0 Å². The number of hydrogen-bond donors (Lipinski definition) is 1. The Labute approximate surface area is 140 Å². The molecular formula is C15H21ClNO5P. The molecule has 1 aliphatic rings. The third-order valence-corrected chi connectivity index (χ3v) is 4.33. The van der Waals surface area contributed by atoms with E-state index in [1.165, 1.54) is 11.5 Å². The summed E-state index contributed by atoms with van der Waals surface area (Å²) >= 11 is 5.12. The smallest absolute Gasteiger partial charge is 0.379 e. The molecule has 0 radical (unpaired) electrons. The van der Waals surface area contributed by atoms with Crippen molar-refractivity contribution in [2.75, 3.05) is 5.06 Å². The van der Waals surface area contributed by atoms with Gasteiger partial charge in [-0.1, -0.05) is 37.5 Å². The Morgan fingerprint density at radius 3 is 2.48 bits per heavy atom. The van der Waals surface area contributed by atoms with Crippen LogP contribution in [-0.2, 0) is 18.7 Å². The molecule has 2 rings (SSSR count). The zero-order chi connectivity index (χ0) is 16.9. The summed E-state index contributed by atoms with van der Waals surface area (Å²) in [6.45, 7) is -2.86. The first-order valence-corrected chi connectivity index (χ1v) is 10.1. The molecule has 0 amide bonds. The topological polar surface area (TPSA) is 76.1 Å². The van der Waals surface area contributed by atoms with Crippen LogP contribution in [0.15, 0.2) is 30.3 Å². The largest absolute Gasteiger partial charge is 0.476 e. The van der Waals surface area contributed by atoms with Crippen LogP contribution in [0.2, 0.25) is 0 Å². The number of carbonyl (C=O) groups excluding carboxylic acids is 1. The van der Waals surface area contributed by atoms with E-state index in [2.05, 4.69) is 4.52 Å². The SMILES string of the molecule is C[C@@H](C(=O)OP(=O)(O)Cl)N(OC1CCCCC1)c1ccccc1. The molecule has 1 unspecified atom stereocenters. The Kier molecular flexibility index (Phi) is 6.48. The Balaban J connectivity index is 2.15. The summed E-state index contributed by atoms with van der Waals surface area (Å²) < 4.78 is 15.5. The van der Waals surface area contributed by atoms with E-state index in [1.807, 2.05) is 18.2 Å². The molecule has 1 fully saturated rings. The second kappa shape index (κ2) is 8.15. The highest BCUT2D eigenvalue weighted by molar-refractivity contribution is 7.80. The molecule has 0 aromatic heterocycles. The quantitative estimate of drug-likeness (QED) is 0.609. The van der Waals surface area contributed by atoms with Gasteiger partial charge >= 0.3 is 12.9 Å².